The second-order valence-electron chi connectivity index (χ2n) is 0.0540. The summed E-state index contributed by atoms with van der Waals surface area (Å²) < 4.78 is 0. The fourth-order valence-corrected chi connectivity index (χ4v) is 0. The van der Waals surface area contributed by atoms with Gasteiger partial charge >= 0.3 is 72.8 Å². The number of hydrogen-bond acceptors (Lipinski definition) is 0. The van der Waals surface area contributed by atoms with Crippen molar-refractivity contribution in [3.63, 3.8) is 0 Å². The third kappa shape index (κ3) is 20.2. The van der Waals surface area contributed by atoms with Crippen LogP contribution in [0.3, 0.4) is 0 Å². The van der Waals surface area contributed by atoms with Gasteiger partial charge in [0.1, 0.15) is 0 Å². The van der Waals surface area contributed by atoms with Crippen LogP contribution in [0.5, 0.6) is 0 Å². The van der Waals surface area contributed by atoms with E-state index in [1.807, 2.05) is 22.3 Å². The van der Waals surface area contributed by atoms with Crippen LogP contribution in [0.15, 0.2) is 0 Å². The van der Waals surface area contributed by atoms with E-state index >= 15 is 0 Å². The van der Waals surface area contributed by atoms with Gasteiger partial charge in [0, 0.05) is 0 Å². The fourth-order valence-electron chi connectivity index (χ4n) is 0. The van der Waals surface area contributed by atoms with E-state index in [0.29, 0.717) is 13.3 Å². The maximum atomic E-state index is 2.39. The van der Waals surface area contributed by atoms with Crippen LogP contribution < -0.4 is 13.3 Å². The SMILES string of the molecule is I[I-]I.[CH3][Ge]. The minimum absolute atomic E-state index is 0.530. The van der Waals surface area contributed by atoms with Gasteiger partial charge < -0.3 is 0 Å². The Hall–Kier alpha value is 2.73. The average Bonchev–Trinajstić information content (AvgIpc) is 1.46. The molecule has 0 aliphatic carbocycles. The van der Waals surface area contributed by atoms with Crippen molar-refractivity contribution in [2.75, 3.05) is 0 Å². The zero-order valence-corrected chi connectivity index (χ0v) is 11.2. The molecule has 33 valence electrons. The van der Waals surface area contributed by atoms with Crippen LogP contribution in [-0.4, -0.2) is 16.5 Å². The van der Waals surface area contributed by atoms with Crippen molar-refractivity contribution in [2.45, 2.75) is 5.76 Å². The van der Waals surface area contributed by atoms with E-state index in [-0.39, 0.29) is 0 Å². The number of rotatable bonds is 0. The van der Waals surface area contributed by atoms with Gasteiger partial charge in [-0.2, -0.15) is 0 Å². The summed E-state index contributed by atoms with van der Waals surface area (Å²) in [5, 5.41) is 0. The Morgan fingerprint density at radius 2 is 1.40 bits per heavy atom. The van der Waals surface area contributed by atoms with Gasteiger partial charge in [-0.25, -0.2) is 0 Å². The molecule has 0 saturated carbocycles. The van der Waals surface area contributed by atoms with Gasteiger partial charge in [-0.1, -0.05) is 0 Å². The second kappa shape index (κ2) is 15.9. The van der Waals surface area contributed by atoms with E-state index in [0.717, 1.165) is 0 Å². The van der Waals surface area contributed by atoms with Gasteiger partial charge in [0.05, 0.1) is 0 Å². The quantitative estimate of drug-likeness (QED) is 0.316. The molecule has 0 fully saturated rings. The number of hydrogen-bond donors (Lipinski definition) is 0. The van der Waals surface area contributed by atoms with Gasteiger partial charge in [-0.15, -0.1) is 0 Å². The van der Waals surface area contributed by atoms with Crippen molar-refractivity contribution in [3.8, 4) is 0 Å². The third-order valence-electron chi connectivity index (χ3n) is 0. The van der Waals surface area contributed by atoms with Crippen LogP contribution in [-0.2, 0) is 0 Å². The first-order valence-electron chi connectivity index (χ1n) is 0.786. The van der Waals surface area contributed by atoms with Gasteiger partial charge in [0.25, 0.3) is 0 Å². The summed E-state index contributed by atoms with van der Waals surface area (Å²) in [6.45, 7) is 0. The van der Waals surface area contributed by atoms with E-state index in [9.17, 15) is 0 Å². The van der Waals surface area contributed by atoms with E-state index < -0.39 is 0 Å². The van der Waals surface area contributed by atoms with Crippen LogP contribution >= 0.6 is 37.2 Å². The van der Waals surface area contributed by atoms with Crippen molar-refractivity contribution in [1.29, 1.82) is 0 Å². The normalized spacial score (nSPS) is 5.60. The summed E-state index contributed by atoms with van der Waals surface area (Å²) in [7, 11) is 0. The predicted octanol–water partition coefficient (Wildman–Crippen LogP) is -1.02. The molecule has 0 bridgehead atoms. The summed E-state index contributed by atoms with van der Waals surface area (Å²) in [6.07, 6.45) is 0. The van der Waals surface area contributed by atoms with E-state index in [4.69, 9.17) is 0 Å². The van der Waals surface area contributed by atoms with Crippen LogP contribution in [0.25, 0.3) is 0 Å². The summed E-state index contributed by atoms with van der Waals surface area (Å²) in [5.41, 5.74) is 0. The predicted molar refractivity (Wildman–Crippen MR) is 39.7 cm³/mol. The molecule has 0 aromatic heterocycles. The Bertz CT molecular complexity index is 6.85. The monoisotopic (exact) mass is 470 g/mol. The molecule has 0 aliphatic rings. The summed E-state index contributed by atoms with van der Waals surface area (Å²) >= 11 is 7.30. The third-order valence-corrected chi connectivity index (χ3v) is 0. The first-order chi connectivity index (χ1) is 2.41. The Morgan fingerprint density at radius 3 is 1.40 bits per heavy atom. The average molecular weight is 468 g/mol. The molecule has 0 nitrogen and oxygen atoms in total. The molecule has 5 heavy (non-hydrogen) atoms. The van der Waals surface area contributed by atoms with E-state index in [2.05, 4.69) is 37.2 Å². The summed E-state index contributed by atoms with van der Waals surface area (Å²) in [5.74, 6) is 2.00. The zero-order valence-electron chi connectivity index (χ0n) is 2.63. The summed E-state index contributed by atoms with van der Waals surface area (Å²) in [4.78, 5) is 0. The van der Waals surface area contributed by atoms with Crippen LogP contribution in [0, 0.1) is 0 Å². The van der Waals surface area contributed by atoms with Crippen molar-refractivity contribution in [3.05, 3.63) is 0 Å². The topological polar surface area (TPSA) is 0 Å². The molecular formula is CH3GeI3-. The van der Waals surface area contributed by atoms with E-state index in [1.54, 1.807) is 0 Å². The van der Waals surface area contributed by atoms with Gasteiger partial charge in [-0.05, 0) is 0 Å². The first-order valence-corrected chi connectivity index (χ1v) is 15.5. The van der Waals surface area contributed by atoms with E-state index in [1.165, 1.54) is 0 Å². The van der Waals surface area contributed by atoms with Crippen molar-refractivity contribution in [2.24, 2.45) is 0 Å². The Labute approximate surface area is 71.1 Å². The molecule has 0 atom stereocenters. The number of halogens is 3. The molecule has 0 aliphatic heterocycles. The van der Waals surface area contributed by atoms with Crippen LogP contribution in [0.4, 0.5) is 0 Å². The van der Waals surface area contributed by atoms with Gasteiger partial charge in [0.2, 0.25) is 0 Å². The van der Waals surface area contributed by atoms with Crippen molar-refractivity contribution >= 4 is 53.7 Å². The summed E-state index contributed by atoms with van der Waals surface area (Å²) in [6, 6.07) is 0. The first kappa shape index (κ1) is 10.7. The van der Waals surface area contributed by atoms with Gasteiger partial charge in [0.15, 0.2) is 0 Å². The molecule has 0 heterocycles. The fraction of sp³-hybridized carbons (Fsp3) is 1.00. The Balaban J connectivity index is 0. The molecule has 0 unspecified atom stereocenters. The van der Waals surface area contributed by atoms with Crippen LogP contribution in [0.2, 0.25) is 5.76 Å². The molecule has 0 N–H and O–H groups in total. The Morgan fingerprint density at radius 1 is 1.40 bits per heavy atom. The van der Waals surface area contributed by atoms with Crippen LogP contribution in [0.1, 0.15) is 0 Å². The second-order valence-corrected chi connectivity index (χ2v) is 16.3. The zero-order chi connectivity index (χ0) is 4.71. The molecule has 3 radical (unpaired) electrons. The molecule has 0 spiro atoms. The molecule has 0 saturated heterocycles. The van der Waals surface area contributed by atoms with Gasteiger partial charge in [-0.3, -0.25) is 0 Å². The Kier molecular flexibility index (Phi) is 33.9. The molecular weight excluding hydrogens is 465 g/mol. The molecule has 0 rings (SSSR count). The minimum atomic E-state index is 0.530. The molecule has 0 aromatic rings. The molecule has 0 aromatic carbocycles. The van der Waals surface area contributed by atoms with Crippen molar-refractivity contribution < 1.29 is 13.3 Å². The van der Waals surface area contributed by atoms with Crippen molar-refractivity contribution in [1.82, 2.24) is 0 Å². The maximum absolute atomic E-state index is 2.39. The molecule has 4 heteroatoms. The standard InChI is InChI=1S/CH3Ge.I3/c1-2;1-3-2/h1H3;/q;-1. The molecule has 0 amide bonds.